The van der Waals surface area contributed by atoms with Crippen LogP contribution in [0.3, 0.4) is 0 Å². The van der Waals surface area contributed by atoms with E-state index >= 15 is 0 Å². The molecule has 5 aliphatic carbocycles. The summed E-state index contributed by atoms with van der Waals surface area (Å²) in [5.41, 5.74) is 1.47. The van der Waals surface area contributed by atoms with Gasteiger partial charge in [0.25, 0.3) is 0 Å². The van der Waals surface area contributed by atoms with E-state index in [1.54, 1.807) is 6.42 Å². The van der Waals surface area contributed by atoms with Crippen LogP contribution in [0.1, 0.15) is 173 Å². The Labute approximate surface area is 271 Å². The van der Waals surface area contributed by atoms with Gasteiger partial charge in [-0.2, -0.15) is 0 Å². The van der Waals surface area contributed by atoms with E-state index in [1.165, 1.54) is 83.5 Å². The third-order valence-electron chi connectivity index (χ3n) is 17.3. The van der Waals surface area contributed by atoms with E-state index in [-0.39, 0.29) is 0 Å². The fourth-order valence-corrected chi connectivity index (χ4v) is 15.5. The van der Waals surface area contributed by atoms with Crippen LogP contribution < -0.4 is 0 Å². The van der Waals surface area contributed by atoms with E-state index in [2.05, 4.69) is 83.1 Å². The van der Waals surface area contributed by atoms with Gasteiger partial charge in [0.2, 0.25) is 0 Å². The third-order valence-corrected chi connectivity index (χ3v) is 17.3. The van der Waals surface area contributed by atoms with E-state index in [1.807, 2.05) is 0 Å². The summed E-state index contributed by atoms with van der Waals surface area (Å²) in [5, 5.41) is 0. The molecule has 0 nitrogen and oxygen atoms in total. The Morgan fingerprint density at radius 2 is 1.40 bits per heavy atom. The van der Waals surface area contributed by atoms with Gasteiger partial charge in [-0.15, -0.1) is 0 Å². The highest BCUT2D eigenvalue weighted by Crippen LogP contribution is 2.75. The second-order valence-corrected chi connectivity index (χ2v) is 20.0. The molecule has 0 aromatic carbocycles. The first-order chi connectivity index (χ1) is 20.2. The smallest absolute Gasteiger partial charge is 0.0215 e. The molecule has 43 heavy (non-hydrogen) atoms. The maximum absolute atomic E-state index is 2.82. The van der Waals surface area contributed by atoms with Crippen molar-refractivity contribution in [3.63, 3.8) is 0 Å². The van der Waals surface area contributed by atoms with Crippen molar-refractivity contribution in [3.05, 3.63) is 0 Å². The molecule has 14 atom stereocenters. The predicted molar refractivity (Wildman–Crippen MR) is 189 cm³/mol. The monoisotopic (exact) mass is 595 g/mol. The van der Waals surface area contributed by atoms with E-state index in [4.69, 9.17) is 0 Å². The Morgan fingerprint density at radius 1 is 0.744 bits per heavy atom. The van der Waals surface area contributed by atoms with E-state index in [9.17, 15) is 0 Å². The molecule has 0 heteroatoms. The first-order valence-electron chi connectivity index (χ1n) is 20.2. The zero-order valence-corrected chi connectivity index (χ0v) is 31.5. The van der Waals surface area contributed by atoms with Crippen LogP contribution in [0.15, 0.2) is 0 Å². The van der Waals surface area contributed by atoms with Crippen molar-refractivity contribution in [2.24, 2.45) is 99.1 Å². The Hall–Kier alpha value is 0. The molecule has 0 heterocycles. The Kier molecular flexibility index (Phi) is 10.3. The van der Waals surface area contributed by atoms with E-state index in [0.29, 0.717) is 16.2 Å². The van der Waals surface area contributed by atoms with Crippen LogP contribution >= 0.6 is 0 Å². The second-order valence-electron chi connectivity index (χ2n) is 20.0. The molecule has 0 radical (unpaired) electrons. The number of hydrogen-bond donors (Lipinski definition) is 0. The molecule has 0 aromatic heterocycles. The van der Waals surface area contributed by atoms with Crippen LogP contribution in [0.5, 0.6) is 0 Å². The standard InChI is InChI=1S/C43H78/c1-13-34-18-20-35(21-19-34)23-28(4)15-14-16-36-22-17-29(5)39-31(7)40-33(9)43(12)32(8)38(27(2)3)30(6)24-42(43,11)26-41(40,10)25-37(36)39/h27-40H,13-26H2,1-12H3. The molecule has 0 aromatic rings. The Balaban J connectivity index is 1.28. The summed E-state index contributed by atoms with van der Waals surface area (Å²) in [6.07, 6.45) is 21.1. The second kappa shape index (κ2) is 12.9. The molecule has 0 spiro atoms. The Morgan fingerprint density at radius 3 is 2.02 bits per heavy atom. The van der Waals surface area contributed by atoms with Gasteiger partial charge in [0, 0.05) is 0 Å². The molecule has 5 fully saturated rings. The van der Waals surface area contributed by atoms with Gasteiger partial charge in [-0.25, -0.2) is 0 Å². The summed E-state index contributed by atoms with van der Waals surface area (Å²) in [6.45, 7) is 32.0. The fraction of sp³-hybridized carbons (Fsp3) is 1.00. The van der Waals surface area contributed by atoms with Gasteiger partial charge in [-0.3, -0.25) is 0 Å². The number of fused-ring (bicyclic) bond motifs is 3. The fourth-order valence-electron chi connectivity index (χ4n) is 15.5. The molecule has 5 aliphatic rings. The minimum Gasteiger partial charge on any atom is -0.0651 e. The zero-order chi connectivity index (χ0) is 31.5. The molecule has 0 amide bonds. The van der Waals surface area contributed by atoms with Crippen molar-refractivity contribution in [3.8, 4) is 0 Å². The summed E-state index contributed by atoms with van der Waals surface area (Å²) >= 11 is 0. The maximum atomic E-state index is 2.82. The average Bonchev–Trinajstić information content (AvgIpc) is 2.92. The van der Waals surface area contributed by atoms with Crippen LogP contribution in [-0.2, 0) is 0 Å². The molecule has 5 rings (SSSR count). The van der Waals surface area contributed by atoms with Crippen molar-refractivity contribution in [1.82, 2.24) is 0 Å². The molecule has 5 saturated carbocycles. The largest absolute Gasteiger partial charge is 0.0651 e. The van der Waals surface area contributed by atoms with Crippen molar-refractivity contribution in [1.29, 1.82) is 0 Å². The van der Waals surface area contributed by atoms with Gasteiger partial charge in [-0.1, -0.05) is 141 Å². The molecular formula is C43H78. The normalized spacial score (nSPS) is 52.7. The molecule has 250 valence electrons. The van der Waals surface area contributed by atoms with Gasteiger partial charge in [0.15, 0.2) is 0 Å². The quantitative estimate of drug-likeness (QED) is 0.262. The molecule has 0 bridgehead atoms. The summed E-state index contributed by atoms with van der Waals surface area (Å²) in [7, 11) is 0. The molecule has 0 aliphatic heterocycles. The molecule has 14 unspecified atom stereocenters. The van der Waals surface area contributed by atoms with Crippen LogP contribution in [-0.4, -0.2) is 0 Å². The third kappa shape index (κ3) is 5.98. The van der Waals surface area contributed by atoms with E-state index < -0.39 is 0 Å². The first-order valence-corrected chi connectivity index (χ1v) is 20.2. The van der Waals surface area contributed by atoms with Crippen LogP contribution in [0.4, 0.5) is 0 Å². The number of rotatable bonds is 8. The van der Waals surface area contributed by atoms with Crippen molar-refractivity contribution >= 4 is 0 Å². The number of hydrogen-bond acceptors (Lipinski definition) is 0. The zero-order valence-electron chi connectivity index (χ0n) is 31.5. The highest BCUT2D eigenvalue weighted by atomic mass is 14.7. The SMILES string of the molecule is CCC1CCC(CC(C)CCCC2CCC(C)C3C(C)C4C(C)C5(C)C(C)C(C(C)C)C(C)CC5(C)CC4(C)CC23)CC1. The average molecular weight is 595 g/mol. The topological polar surface area (TPSA) is 0 Å². The van der Waals surface area contributed by atoms with Crippen molar-refractivity contribution in [2.75, 3.05) is 0 Å². The van der Waals surface area contributed by atoms with Gasteiger partial charge in [0.1, 0.15) is 0 Å². The van der Waals surface area contributed by atoms with Crippen LogP contribution in [0, 0.1) is 99.1 Å². The maximum Gasteiger partial charge on any atom is -0.0215 e. The molecular weight excluding hydrogens is 516 g/mol. The predicted octanol–water partition coefficient (Wildman–Crippen LogP) is 13.3. The highest BCUT2D eigenvalue weighted by Gasteiger charge is 2.68. The summed E-state index contributed by atoms with van der Waals surface area (Å²) in [4.78, 5) is 0. The molecule has 0 N–H and O–H groups in total. The van der Waals surface area contributed by atoms with Crippen LogP contribution in [0.2, 0.25) is 0 Å². The van der Waals surface area contributed by atoms with Gasteiger partial charge < -0.3 is 0 Å². The summed E-state index contributed by atoms with van der Waals surface area (Å²) in [5.74, 6) is 12.9. The summed E-state index contributed by atoms with van der Waals surface area (Å²) in [6, 6.07) is 0. The van der Waals surface area contributed by atoms with Gasteiger partial charge >= 0.3 is 0 Å². The van der Waals surface area contributed by atoms with Crippen molar-refractivity contribution in [2.45, 2.75) is 173 Å². The lowest BCUT2D eigenvalue weighted by atomic mass is 9.32. The Bertz CT molecular complexity index is 909. The lowest BCUT2D eigenvalue weighted by Crippen LogP contribution is -2.67. The van der Waals surface area contributed by atoms with Crippen molar-refractivity contribution < 1.29 is 0 Å². The van der Waals surface area contributed by atoms with Gasteiger partial charge in [0.05, 0.1) is 0 Å². The lowest BCUT2D eigenvalue weighted by Gasteiger charge is -2.73. The minimum atomic E-state index is 0.461. The lowest BCUT2D eigenvalue weighted by molar-refractivity contribution is -0.247. The minimum absolute atomic E-state index is 0.461. The highest BCUT2D eigenvalue weighted by molar-refractivity contribution is 5.17. The van der Waals surface area contributed by atoms with E-state index in [0.717, 1.165) is 82.9 Å². The van der Waals surface area contributed by atoms with Crippen LogP contribution in [0.25, 0.3) is 0 Å². The van der Waals surface area contributed by atoms with Gasteiger partial charge in [-0.05, 0) is 131 Å². The summed E-state index contributed by atoms with van der Waals surface area (Å²) < 4.78 is 0. The molecule has 0 saturated heterocycles. The first kappa shape index (κ1) is 34.3.